The molecule has 0 bridgehead atoms. The van der Waals surface area contributed by atoms with Crippen molar-refractivity contribution < 1.29 is 13.2 Å². The third-order valence-electron chi connectivity index (χ3n) is 6.87. The number of alkyl halides is 3. The van der Waals surface area contributed by atoms with Gasteiger partial charge < -0.3 is 19.4 Å². The van der Waals surface area contributed by atoms with Crippen molar-refractivity contribution in [1.29, 1.82) is 0 Å². The van der Waals surface area contributed by atoms with Crippen LogP contribution in [0, 0.1) is 5.92 Å². The van der Waals surface area contributed by atoms with Crippen molar-refractivity contribution in [2.75, 3.05) is 36.8 Å². The van der Waals surface area contributed by atoms with Gasteiger partial charge in [0.1, 0.15) is 0 Å². The predicted molar refractivity (Wildman–Crippen MR) is 130 cm³/mol. The highest BCUT2D eigenvalue weighted by Gasteiger charge is 2.41. The molecule has 2 fully saturated rings. The molecule has 5 rings (SSSR count). The fourth-order valence-electron chi connectivity index (χ4n) is 5.12. The first-order valence-corrected chi connectivity index (χ1v) is 12.7. The molecule has 2 saturated heterocycles. The maximum absolute atomic E-state index is 12.9. The number of nitrogens with one attached hydrogen (secondary N) is 1. The first-order chi connectivity index (χ1) is 16.8. The fraction of sp³-hybridized carbons (Fsp3) is 0.458. The second-order valence-electron chi connectivity index (χ2n) is 9.12. The number of aromatic nitrogens is 4. The summed E-state index contributed by atoms with van der Waals surface area (Å²) in [6, 6.07) is 9.24. The maximum atomic E-state index is 12.9. The Morgan fingerprint density at radius 1 is 1.14 bits per heavy atom. The number of thioether (sulfide) groups is 1. The van der Waals surface area contributed by atoms with E-state index in [4.69, 9.17) is 0 Å². The molecule has 0 amide bonds. The summed E-state index contributed by atoms with van der Waals surface area (Å²) in [7, 11) is 1.90. The number of halogens is 3. The zero-order chi connectivity index (χ0) is 24.6. The van der Waals surface area contributed by atoms with Crippen LogP contribution in [0.5, 0.6) is 0 Å². The lowest BCUT2D eigenvalue weighted by molar-refractivity contribution is -0.137. The van der Waals surface area contributed by atoms with E-state index in [0.29, 0.717) is 17.8 Å². The second kappa shape index (κ2) is 9.69. The van der Waals surface area contributed by atoms with Gasteiger partial charge in [-0.25, -0.2) is 0 Å². The molecule has 2 aliphatic rings. The van der Waals surface area contributed by atoms with Crippen LogP contribution >= 0.6 is 11.8 Å². The highest BCUT2D eigenvalue weighted by atomic mass is 32.2. The van der Waals surface area contributed by atoms with E-state index in [-0.39, 0.29) is 5.56 Å². The number of fused-ring (bicyclic) bond motifs is 1. The summed E-state index contributed by atoms with van der Waals surface area (Å²) >= 11 is 1.65. The molecule has 0 unspecified atom stereocenters. The van der Waals surface area contributed by atoms with Gasteiger partial charge in [-0.05, 0) is 55.6 Å². The van der Waals surface area contributed by atoms with Crippen LogP contribution in [0.2, 0.25) is 0 Å². The molecule has 1 N–H and O–H groups in total. The van der Waals surface area contributed by atoms with Crippen molar-refractivity contribution in [3.8, 4) is 11.4 Å². The van der Waals surface area contributed by atoms with Gasteiger partial charge in [-0.15, -0.1) is 10.2 Å². The molecule has 7 nitrogen and oxygen atoms in total. The zero-order valence-electron chi connectivity index (χ0n) is 19.3. The number of anilines is 1. The van der Waals surface area contributed by atoms with Crippen molar-refractivity contribution in [3.63, 3.8) is 0 Å². The van der Waals surface area contributed by atoms with E-state index in [1.807, 2.05) is 11.6 Å². The van der Waals surface area contributed by atoms with Crippen molar-refractivity contribution in [3.05, 3.63) is 58.5 Å². The van der Waals surface area contributed by atoms with Crippen LogP contribution in [-0.4, -0.2) is 62.6 Å². The molecule has 3 aromatic rings. The van der Waals surface area contributed by atoms with E-state index >= 15 is 0 Å². The summed E-state index contributed by atoms with van der Waals surface area (Å²) < 4.78 is 40.6. The largest absolute Gasteiger partial charge is 0.416 e. The highest BCUT2D eigenvalue weighted by Crippen LogP contribution is 2.37. The van der Waals surface area contributed by atoms with Crippen LogP contribution in [0.15, 0.2) is 52.5 Å². The highest BCUT2D eigenvalue weighted by molar-refractivity contribution is 7.99. The lowest BCUT2D eigenvalue weighted by atomic mass is 10.0. The van der Waals surface area contributed by atoms with E-state index in [1.54, 1.807) is 36.2 Å². The van der Waals surface area contributed by atoms with Gasteiger partial charge in [0.25, 0.3) is 0 Å². The lowest BCUT2D eigenvalue weighted by Crippen LogP contribution is -2.35. The number of hydrogen-bond acceptors (Lipinski definition) is 6. The molecule has 2 aromatic heterocycles. The van der Waals surface area contributed by atoms with Crippen molar-refractivity contribution in [2.45, 2.75) is 30.2 Å². The van der Waals surface area contributed by atoms with Gasteiger partial charge in [0.2, 0.25) is 5.56 Å². The Labute approximate surface area is 205 Å². The normalized spacial score (nSPS) is 20.5. The minimum atomic E-state index is -4.30. The summed E-state index contributed by atoms with van der Waals surface area (Å²) in [5.41, 5.74) is 0.834. The minimum absolute atomic E-state index is 0.174. The van der Waals surface area contributed by atoms with Crippen molar-refractivity contribution in [1.82, 2.24) is 24.6 Å². The standard InChI is InChI=1S/C24H27F3N6OS/c1-31-22(16-7-9-28-21(34)13-16)29-30-23(31)35-12-2-10-32-14-17-8-11-33(20(17)15-32)19-5-3-18(4-6-19)24(25,26)27/h3-7,9,13,17,20H,2,8,10-12,14-15H2,1H3,(H,28,34)/t17-,20+/m0/s1. The van der Waals surface area contributed by atoms with Crippen molar-refractivity contribution >= 4 is 17.4 Å². The first kappa shape index (κ1) is 23.9. The SMILES string of the molecule is Cn1c(SCCCN2C[C@@H]3CCN(c4ccc(C(F)(F)F)cc4)[C@@H]3C2)nnc1-c1cc[nH]c(=O)c1. The van der Waals surface area contributed by atoms with E-state index in [1.165, 1.54) is 18.2 Å². The van der Waals surface area contributed by atoms with Gasteiger partial charge in [0.15, 0.2) is 11.0 Å². The average Bonchev–Trinajstić information content (AvgIpc) is 3.51. The Hall–Kier alpha value is -2.79. The summed E-state index contributed by atoms with van der Waals surface area (Å²) in [6.45, 7) is 3.84. The third kappa shape index (κ3) is 5.11. The monoisotopic (exact) mass is 504 g/mol. The molecule has 186 valence electrons. The molecular formula is C24H27F3N6OS. The predicted octanol–water partition coefficient (Wildman–Crippen LogP) is 3.88. The Balaban J connectivity index is 1.12. The molecule has 0 saturated carbocycles. The number of H-pyrrole nitrogens is 1. The number of nitrogens with zero attached hydrogens (tertiary/aromatic N) is 5. The van der Waals surface area contributed by atoms with Gasteiger partial charge in [-0.3, -0.25) is 4.79 Å². The van der Waals surface area contributed by atoms with Crippen LogP contribution in [0.4, 0.5) is 18.9 Å². The number of rotatable bonds is 7. The first-order valence-electron chi connectivity index (χ1n) is 11.7. The summed E-state index contributed by atoms with van der Waals surface area (Å²) in [5.74, 6) is 2.12. The number of aromatic amines is 1. The smallest absolute Gasteiger partial charge is 0.367 e. The molecule has 1 aromatic carbocycles. The Morgan fingerprint density at radius 3 is 2.69 bits per heavy atom. The fourth-order valence-corrected chi connectivity index (χ4v) is 5.96. The molecule has 4 heterocycles. The molecule has 11 heteroatoms. The van der Waals surface area contributed by atoms with Gasteiger partial charge in [-0.1, -0.05) is 11.8 Å². The molecule has 2 atom stereocenters. The van der Waals surface area contributed by atoms with Gasteiger partial charge in [0, 0.05) is 62.0 Å². The van der Waals surface area contributed by atoms with Crippen LogP contribution in [-0.2, 0) is 13.2 Å². The quantitative estimate of drug-likeness (QED) is 0.389. The number of hydrogen-bond donors (Lipinski definition) is 1. The Bertz CT molecular complexity index is 1220. The van der Waals surface area contributed by atoms with Gasteiger partial charge in [0.05, 0.1) is 5.56 Å². The number of benzene rings is 1. The van der Waals surface area contributed by atoms with E-state index in [0.717, 1.165) is 61.2 Å². The van der Waals surface area contributed by atoms with Gasteiger partial charge in [-0.2, -0.15) is 13.2 Å². The molecule has 2 aliphatic heterocycles. The van der Waals surface area contributed by atoms with E-state index in [9.17, 15) is 18.0 Å². The maximum Gasteiger partial charge on any atom is 0.416 e. The van der Waals surface area contributed by atoms with Crippen LogP contribution < -0.4 is 10.5 Å². The molecule has 0 radical (unpaired) electrons. The minimum Gasteiger partial charge on any atom is -0.367 e. The lowest BCUT2D eigenvalue weighted by Gasteiger charge is -2.27. The molecule has 0 spiro atoms. The van der Waals surface area contributed by atoms with E-state index in [2.05, 4.69) is 25.0 Å². The Morgan fingerprint density at radius 2 is 1.94 bits per heavy atom. The van der Waals surface area contributed by atoms with Crippen LogP contribution in [0.3, 0.4) is 0 Å². The van der Waals surface area contributed by atoms with E-state index < -0.39 is 11.7 Å². The van der Waals surface area contributed by atoms with Crippen LogP contribution in [0.1, 0.15) is 18.4 Å². The summed E-state index contributed by atoms with van der Waals surface area (Å²) in [4.78, 5) is 18.9. The van der Waals surface area contributed by atoms with Gasteiger partial charge >= 0.3 is 6.18 Å². The van der Waals surface area contributed by atoms with Crippen LogP contribution in [0.25, 0.3) is 11.4 Å². The summed E-state index contributed by atoms with van der Waals surface area (Å²) in [5, 5.41) is 9.33. The molecule has 35 heavy (non-hydrogen) atoms. The summed E-state index contributed by atoms with van der Waals surface area (Å²) in [6.07, 6.45) is -0.636. The molecule has 0 aliphatic carbocycles. The topological polar surface area (TPSA) is 70.0 Å². The number of pyridine rings is 1. The zero-order valence-corrected chi connectivity index (χ0v) is 20.1. The van der Waals surface area contributed by atoms with Crippen molar-refractivity contribution in [2.24, 2.45) is 13.0 Å². The Kier molecular flexibility index (Phi) is 6.63. The second-order valence-corrected chi connectivity index (χ2v) is 10.2. The average molecular weight is 505 g/mol. The number of likely N-dealkylation sites (tertiary alicyclic amines) is 1. The third-order valence-corrected chi connectivity index (χ3v) is 7.97. The molecular weight excluding hydrogens is 477 g/mol.